The maximum absolute atomic E-state index is 13.1. The van der Waals surface area contributed by atoms with E-state index in [1.807, 2.05) is 0 Å². The molecule has 2 aromatic carbocycles. The molecule has 0 bridgehead atoms. The molecule has 0 fully saturated rings. The first-order chi connectivity index (χ1) is 12.9. The smallest absolute Gasteiger partial charge is 0.331 e. The Morgan fingerprint density at radius 3 is 2.37 bits per heavy atom. The van der Waals surface area contributed by atoms with Gasteiger partial charge in [-0.3, -0.25) is 4.79 Å². The normalized spacial score (nSPS) is 10.5. The second-order valence-corrected chi connectivity index (χ2v) is 5.67. The molecule has 27 heavy (non-hydrogen) atoms. The van der Waals surface area contributed by atoms with Gasteiger partial charge in [-0.2, -0.15) is 0 Å². The highest BCUT2D eigenvalue weighted by Crippen LogP contribution is 2.23. The van der Waals surface area contributed by atoms with Crippen LogP contribution in [0, 0.1) is 5.82 Å². The second kappa shape index (κ2) is 9.59. The van der Waals surface area contributed by atoms with Gasteiger partial charge in [0.2, 0.25) is 0 Å². The van der Waals surface area contributed by atoms with Crippen LogP contribution in [0.1, 0.15) is 5.56 Å². The standard InChI is InChI=1S/C19H17ClFNO5/c1-25-14-7-12(8-15(10-14)26-2)3-6-19(24)27-11-18(23)22-13-4-5-17(21)16(20)9-13/h3-10H,11H2,1-2H3,(H,22,23)/b6-3+. The number of carbonyl (C=O) groups is 2. The zero-order valence-corrected chi connectivity index (χ0v) is 15.4. The Morgan fingerprint density at radius 2 is 1.78 bits per heavy atom. The molecule has 0 aliphatic heterocycles. The van der Waals surface area contributed by atoms with Crippen LogP contribution in [-0.4, -0.2) is 32.7 Å². The van der Waals surface area contributed by atoms with Gasteiger partial charge in [0.15, 0.2) is 6.61 Å². The molecule has 0 unspecified atom stereocenters. The summed E-state index contributed by atoms with van der Waals surface area (Å²) in [6, 6.07) is 8.83. The Labute approximate surface area is 160 Å². The average molecular weight is 394 g/mol. The van der Waals surface area contributed by atoms with E-state index in [0.717, 1.165) is 6.07 Å². The first-order valence-electron chi connectivity index (χ1n) is 7.74. The van der Waals surface area contributed by atoms with E-state index >= 15 is 0 Å². The summed E-state index contributed by atoms with van der Waals surface area (Å²) >= 11 is 5.63. The molecule has 0 aliphatic carbocycles. The quantitative estimate of drug-likeness (QED) is 0.573. The number of ether oxygens (including phenoxy) is 3. The van der Waals surface area contributed by atoms with Gasteiger partial charge in [0.05, 0.1) is 19.2 Å². The largest absolute Gasteiger partial charge is 0.497 e. The third-order valence-corrected chi connectivity index (χ3v) is 3.62. The van der Waals surface area contributed by atoms with Crippen molar-refractivity contribution in [1.82, 2.24) is 0 Å². The number of hydrogen-bond donors (Lipinski definition) is 1. The monoisotopic (exact) mass is 393 g/mol. The lowest BCUT2D eigenvalue weighted by Crippen LogP contribution is -2.20. The summed E-state index contributed by atoms with van der Waals surface area (Å²) < 4.78 is 28.2. The number of amides is 1. The zero-order valence-electron chi connectivity index (χ0n) is 14.6. The van der Waals surface area contributed by atoms with Gasteiger partial charge in [0.25, 0.3) is 5.91 Å². The van der Waals surface area contributed by atoms with Crippen molar-refractivity contribution in [2.75, 3.05) is 26.1 Å². The number of halogens is 2. The van der Waals surface area contributed by atoms with Gasteiger partial charge in [0, 0.05) is 17.8 Å². The van der Waals surface area contributed by atoms with Gasteiger partial charge in [-0.05, 0) is 42.0 Å². The highest BCUT2D eigenvalue weighted by atomic mass is 35.5. The van der Waals surface area contributed by atoms with Gasteiger partial charge in [0.1, 0.15) is 17.3 Å². The molecular weight excluding hydrogens is 377 g/mol. The van der Waals surface area contributed by atoms with E-state index in [9.17, 15) is 14.0 Å². The van der Waals surface area contributed by atoms with Crippen molar-refractivity contribution < 1.29 is 28.2 Å². The van der Waals surface area contributed by atoms with Crippen LogP contribution in [0.4, 0.5) is 10.1 Å². The lowest BCUT2D eigenvalue weighted by molar-refractivity contribution is -0.142. The van der Waals surface area contributed by atoms with E-state index in [1.54, 1.807) is 18.2 Å². The number of nitrogens with one attached hydrogen (secondary N) is 1. The average Bonchev–Trinajstić information content (AvgIpc) is 2.67. The summed E-state index contributed by atoms with van der Waals surface area (Å²) in [5.74, 6) is -0.744. The van der Waals surface area contributed by atoms with E-state index in [4.69, 9.17) is 25.8 Å². The molecule has 0 heterocycles. The van der Waals surface area contributed by atoms with Crippen LogP contribution in [0.5, 0.6) is 11.5 Å². The van der Waals surface area contributed by atoms with Crippen LogP contribution in [0.25, 0.3) is 6.08 Å². The first kappa shape index (κ1) is 20.3. The van der Waals surface area contributed by atoms with E-state index in [0.29, 0.717) is 22.7 Å². The summed E-state index contributed by atoms with van der Waals surface area (Å²) in [4.78, 5) is 23.5. The number of anilines is 1. The molecule has 0 atom stereocenters. The number of methoxy groups -OCH3 is 2. The molecule has 2 rings (SSSR count). The predicted molar refractivity (Wildman–Crippen MR) is 99.6 cm³/mol. The molecule has 0 radical (unpaired) electrons. The fourth-order valence-corrected chi connectivity index (χ4v) is 2.23. The lowest BCUT2D eigenvalue weighted by atomic mass is 10.2. The highest BCUT2D eigenvalue weighted by molar-refractivity contribution is 6.31. The minimum atomic E-state index is -0.705. The van der Waals surface area contributed by atoms with E-state index in [-0.39, 0.29) is 5.02 Å². The molecule has 1 amide bonds. The molecule has 0 spiro atoms. The second-order valence-electron chi connectivity index (χ2n) is 5.26. The molecule has 0 saturated heterocycles. The minimum Gasteiger partial charge on any atom is -0.497 e. The summed E-state index contributed by atoms with van der Waals surface area (Å²) in [6.45, 7) is -0.500. The van der Waals surface area contributed by atoms with E-state index < -0.39 is 24.3 Å². The van der Waals surface area contributed by atoms with E-state index in [2.05, 4.69) is 5.32 Å². The Balaban J connectivity index is 1.89. The summed E-state index contributed by atoms with van der Waals surface area (Å²) in [7, 11) is 3.03. The van der Waals surface area contributed by atoms with Gasteiger partial charge < -0.3 is 19.5 Å². The summed E-state index contributed by atoms with van der Waals surface area (Å²) in [5.41, 5.74) is 0.954. The van der Waals surface area contributed by atoms with Crippen molar-refractivity contribution >= 4 is 35.2 Å². The third kappa shape index (κ3) is 6.31. The molecule has 0 saturated carbocycles. The number of carbonyl (C=O) groups excluding carboxylic acids is 2. The summed E-state index contributed by atoms with van der Waals surface area (Å²) in [5, 5.41) is 2.32. The van der Waals surface area contributed by atoms with Gasteiger partial charge in [-0.1, -0.05) is 11.6 Å². The third-order valence-electron chi connectivity index (χ3n) is 3.33. The fourth-order valence-electron chi connectivity index (χ4n) is 2.05. The Kier molecular flexibility index (Phi) is 7.19. The van der Waals surface area contributed by atoms with Gasteiger partial charge >= 0.3 is 5.97 Å². The lowest BCUT2D eigenvalue weighted by Gasteiger charge is -2.07. The maximum atomic E-state index is 13.1. The number of hydrogen-bond acceptors (Lipinski definition) is 5. The number of benzene rings is 2. The topological polar surface area (TPSA) is 73.9 Å². The van der Waals surface area contributed by atoms with Crippen LogP contribution >= 0.6 is 11.6 Å². The Bertz CT molecular complexity index is 847. The van der Waals surface area contributed by atoms with Crippen LogP contribution in [0.15, 0.2) is 42.5 Å². The van der Waals surface area contributed by atoms with Crippen molar-refractivity contribution in [3.8, 4) is 11.5 Å². The van der Waals surface area contributed by atoms with Crippen molar-refractivity contribution in [3.05, 3.63) is 58.9 Å². The molecule has 8 heteroatoms. The van der Waals surface area contributed by atoms with Crippen molar-refractivity contribution in [2.24, 2.45) is 0 Å². The number of rotatable bonds is 7. The van der Waals surface area contributed by atoms with E-state index in [1.165, 1.54) is 38.5 Å². The molecule has 6 nitrogen and oxygen atoms in total. The van der Waals surface area contributed by atoms with Crippen LogP contribution < -0.4 is 14.8 Å². The van der Waals surface area contributed by atoms with Crippen LogP contribution in [-0.2, 0) is 14.3 Å². The molecule has 142 valence electrons. The predicted octanol–water partition coefficient (Wildman–Crippen LogP) is 3.69. The van der Waals surface area contributed by atoms with Gasteiger partial charge in [-0.15, -0.1) is 0 Å². The number of esters is 1. The zero-order chi connectivity index (χ0) is 19.8. The summed E-state index contributed by atoms with van der Waals surface area (Å²) in [6.07, 6.45) is 2.68. The van der Waals surface area contributed by atoms with Gasteiger partial charge in [-0.25, -0.2) is 9.18 Å². The molecule has 0 aliphatic rings. The molecule has 0 aromatic heterocycles. The maximum Gasteiger partial charge on any atom is 0.331 e. The molecule has 1 N–H and O–H groups in total. The minimum absolute atomic E-state index is 0.124. The molecule has 2 aromatic rings. The van der Waals surface area contributed by atoms with Crippen LogP contribution in [0.3, 0.4) is 0 Å². The highest BCUT2D eigenvalue weighted by Gasteiger charge is 2.08. The SMILES string of the molecule is COc1cc(/C=C/C(=O)OCC(=O)Nc2ccc(F)c(Cl)c2)cc(OC)c1. The fraction of sp³-hybridized carbons (Fsp3) is 0.158. The molecular formula is C19H17ClFNO5. The first-order valence-corrected chi connectivity index (χ1v) is 8.12. The van der Waals surface area contributed by atoms with Crippen molar-refractivity contribution in [1.29, 1.82) is 0 Å². The van der Waals surface area contributed by atoms with Crippen LogP contribution in [0.2, 0.25) is 5.02 Å². The Morgan fingerprint density at radius 1 is 1.11 bits per heavy atom. The Hall–Kier alpha value is -3.06. The van der Waals surface area contributed by atoms with Crippen molar-refractivity contribution in [3.63, 3.8) is 0 Å². The van der Waals surface area contributed by atoms with Crippen molar-refractivity contribution in [2.45, 2.75) is 0 Å².